The van der Waals surface area contributed by atoms with Crippen LogP contribution in [0.2, 0.25) is 0 Å². The van der Waals surface area contributed by atoms with Crippen molar-refractivity contribution in [2.75, 3.05) is 19.6 Å². The van der Waals surface area contributed by atoms with Crippen molar-refractivity contribution in [1.29, 1.82) is 0 Å². The molecule has 0 amide bonds. The van der Waals surface area contributed by atoms with Gasteiger partial charge in [-0.25, -0.2) is 0 Å². The molecule has 19 heavy (non-hydrogen) atoms. The zero-order chi connectivity index (χ0) is 14.0. The maximum absolute atomic E-state index is 3.52. The van der Waals surface area contributed by atoms with Gasteiger partial charge in [-0.15, -0.1) is 0 Å². The summed E-state index contributed by atoms with van der Waals surface area (Å²) in [5.74, 6) is 0. The zero-order valence-corrected chi connectivity index (χ0v) is 12.8. The van der Waals surface area contributed by atoms with E-state index in [4.69, 9.17) is 0 Å². The lowest BCUT2D eigenvalue weighted by Gasteiger charge is -2.20. The third-order valence-corrected chi connectivity index (χ3v) is 3.10. The van der Waals surface area contributed by atoms with E-state index in [9.17, 15) is 0 Å². The lowest BCUT2D eigenvalue weighted by molar-refractivity contribution is 0.418. The summed E-state index contributed by atoms with van der Waals surface area (Å²) in [5, 5.41) is 7.02. The summed E-state index contributed by atoms with van der Waals surface area (Å²) in [5.41, 5.74) is 1.70. The van der Waals surface area contributed by atoms with Crippen LogP contribution in [0.5, 0.6) is 0 Å². The van der Waals surface area contributed by atoms with Crippen LogP contribution in [-0.2, 0) is 6.42 Å². The molecule has 0 heterocycles. The summed E-state index contributed by atoms with van der Waals surface area (Å²) in [6.07, 6.45) is 4.95. The van der Waals surface area contributed by atoms with Crippen LogP contribution in [0.4, 0.5) is 0 Å². The molecular formula is C17H30N2. The highest BCUT2D eigenvalue weighted by atomic mass is 14.9. The van der Waals surface area contributed by atoms with Gasteiger partial charge in [0, 0.05) is 5.54 Å². The van der Waals surface area contributed by atoms with Crippen LogP contribution in [0.25, 0.3) is 0 Å². The molecule has 0 aliphatic rings. The van der Waals surface area contributed by atoms with Crippen LogP contribution < -0.4 is 10.6 Å². The minimum Gasteiger partial charge on any atom is -0.317 e. The standard InChI is InChI=1S/C17H30N2/c1-17(2,3)19-15-9-14-18-13-8-7-12-16-10-5-4-6-11-16/h4-6,10-11,18-19H,7-9,12-15H2,1-3H3. The van der Waals surface area contributed by atoms with Crippen LogP contribution in [0.15, 0.2) is 30.3 Å². The molecule has 1 aromatic rings. The van der Waals surface area contributed by atoms with Crippen molar-refractivity contribution in [3.05, 3.63) is 35.9 Å². The van der Waals surface area contributed by atoms with Crippen molar-refractivity contribution in [2.45, 2.75) is 52.0 Å². The summed E-state index contributed by atoms with van der Waals surface area (Å²) < 4.78 is 0. The summed E-state index contributed by atoms with van der Waals surface area (Å²) in [7, 11) is 0. The Morgan fingerprint density at radius 2 is 1.53 bits per heavy atom. The van der Waals surface area contributed by atoms with Crippen molar-refractivity contribution in [2.24, 2.45) is 0 Å². The van der Waals surface area contributed by atoms with Gasteiger partial charge in [0.2, 0.25) is 0 Å². The largest absolute Gasteiger partial charge is 0.317 e. The van der Waals surface area contributed by atoms with E-state index < -0.39 is 0 Å². The molecular weight excluding hydrogens is 232 g/mol. The van der Waals surface area contributed by atoms with Gasteiger partial charge >= 0.3 is 0 Å². The van der Waals surface area contributed by atoms with Gasteiger partial charge in [0.15, 0.2) is 0 Å². The van der Waals surface area contributed by atoms with Gasteiger partial charge < -0.3 is 10.6 Å². The number of hydrogen-bond acceptors (Lipinski definition) is 2. The summed E-state index contributed by atoms with van der Waals surface area (Å²) in [6.45, 7) is 10.00. The molecule has 1 rings (SSSR count). The Morgan fingerprint density at radius 3 is 2.21 bits per heavy atom. The Morgan fingerprint density at radius 1 is 0.842 bits per heavy atom. The van der Waals surface area contributed by atoms with E-state index in [-0.39, 0.29) is 5.54 Å². The van der Waals surface area contributed by atoms with Crippen LogP contribution in [0, 0.1) is 0 Å². The third kappa shape index (κ3) is 9.69. The van der Waals surface area contributed by atoms with Crippen LogP contribution >= 0.6 is 0 Å². The molecule has 0 bridgehead atoms. The SMILES string of the molecule is CC(C)(C)NCCCNCCCCc1ccccc1. The van der Waals surface area contributed by atoms with E-state index in [1.54, 1.807) is 0 Å². The molecule has 0 aliphatic carbocycles. The smallest absolute Gasteiger partial charge is 0.00965 e. The third-order valence-electron chi connectivity index (χ3n) is 3.10. The minimum absolute atomic E-state index is 0.246. The maximum atomic E-state index is 3.52. The van der Waals surface area contributed by atoms with E-state index in [1.807, 2.05) is 0 Å². The van der Waals surface area contributed by atoms with Crippen molar-refractivity contribution >= 4 is 0 Å². The second kappa shape index (κ2) is 9.11. The van der Waals surface area contributed by atoms with Gasteiger partial charge in [0.25, 0.3) is 0 Å². The number of unbranched alkanes of at least 4 members (excludes halogenated alkanes) is 1. The fourth-order valence-corrected chi connectivity index (χ4v) is 2.03. The minimum atomic E-state index is 0.246. The number of aryl methyl sites for hydroxylation is 1. The quantitative estimate of drug-likeness (QED) is 0.667. The predicted molar refractivity (Wildman–Crippen MR) is 84.6 cm³/mol. The predicted octanol–water partition coefficient (Wildman–Crippen LogP) is 3.38. The number of rotatable bonds is 9. The summed E-state index contributed by atoms with van der Waals surface area (Å²) in [6, 6.07) is 10.7. The number of hydrogen-bond donors (Lipinski definition) is 2. The molecule has 0 spiro atoms. The van der Waals surface area contributed by atoms with E-state index in [0.717, 1.165) is 19.6 Å². The van der Waals surface area contributed by atoms with Crippen LogP contribution in [0.3, 0.4) is 0 Å². The first-order valence-corrected chi connectivity index (χ1v) is 7.57. The Bertz CT molecular complexity index is 314. The molecule has 0 saturated heterocycles. The first-order valence-electron chi connectivity index (χ1n) is 7.57. The van der Waals surface area contributed by atoms with E-state index in [2.05, 4.69) is 61.7 Å². The van der Waals surface area contributed by atoms with Crippen molar-refractivity contribution in [1.82, 2.24) is 10.6 Å². The molecule has 0 unspecified atom stereocenters. The van der Waals surface area contributed by atoms with Crippen molar-refractivity contribution in [3.8, 4) is 0 Å². The van der Waals surface area contributed by atoms with Gasteiger partial charge in [-0.2, -0.15) is 0 Å². The first kappa shape index (κ1) is 16.2. The zero-order valence-electron chi connectivity index (χ0n) is 12.8. The molecule has 0 atom stereocenters. The Labute approximate surface area is 119 Å². The monoisotopic (exact) mass is 262 g/mol. The van der Waals surface area contributed by atoms with E-state index >= 15 is 0 Å². The Balaban J connectivity index is 1.87. The highest BCUT2D eigenvalue weighted by molar-refractivity contribution is 5.14. The number of nitrogens with one attached hydrogen (secondary N) is 2. The highest BCUT2D eigenvalue weighted by Crippen LogP contribution is 2.03. The molecule has 0 aromatic heterocycles. The van der Waals surface area contributed by atoms with Crippen LogP contribution in [-0.4, -0.2) is 25.2 Å². The van der Waals surface area contributed by atoms with E-state index in [1.165, 1.54) is 31.2 Å². The van der Waals surface area contributed by atoms with Crippen LogP contribution in [0.1, 0.15) is 45.6 Å². The highest BCUT2D eigenvalue weighted by Gasteiger charge is 2.06. The molecule has 2 N–H and O–H groups in total. The molecule has 2 heteroatoms. The van der Waals surface area contributed by atoms with E-state index in [0.29, 0.717) is 0 Å². The summed E-state index contributed by atoms with van der Waals surface area (Å²) in [4.78, 5) is 0. The molecule has 0 aliphatic heterocycles. The van der Waals surface area contributed by atoms with Gasteiger partial charge in [-0.05, 0) is 71.7 Å². The molecule has 1 aromatic carbocycles. The average Bonchev–Trinajstić information content (AvgIpc) is 2.37. The first-order chi connectivity index (χ1) is 9.08. The Kier molecular flexibility index (Phi) is 7.76. The van der Waals surface area contributed by atoms with Gasteiger partial charge in [-0.3, -0.25) is 0 Å². The lowest BCUT2D eigenvalue weighted by atomic mass is 10.1. The fourth-order valence-electron chi connectivity index (χ4n) is 2.03. The van der Waals surface area contributed by atoms with Gasteiger partial charge in [0.05, 0.1) is 0 Å². The second-order valence-electron chi connectivity index (χ2n) is 6.22. The van der Waals surface area contributed by atoms with Crippen molar-refractivity contribution < 1.29 is 0 Å². The van der Waals surface area contributed by atoms with Crippen molar-refractivity contribution in [3.63, 3.8) is 0 Å². The molecule has 0 radical (unpaired) electrons. The topological polar surface area (TPSA) is 24.1 Å². The second-order valence-corrected chi connectivity index (χ2v) is 6.22. The lowest BCUT2D eigenvalue weighted by Crippen LogP contribution is -2.37. The normalized spacial score (nSPS) is 11.7. The average molecular weight is 262 g/mol. The Hall–Kier alpha value is -0.860. The van der Waals surface area contributed by atoms with Gasteiger partial charge in [0.1, 0.15) is 0 Å². The van der Waals surface area contributed by atoms with Gasteiger partial charge in [-0.1, -0.05) is 30.3 Å². The molecule has 0 saturated carbocycles. The molecule has 108 valence electrons. The maximum Gasteiger partial charge on any atom is 0.00965 e. The fraction of sp³-hybridized carbons (Fsp3) is 0.647. The number of benzene rings is 1. The molecule has 0 fully saturated rings. The summed E-state index contributed by atoms with van der Waals surface area (Å²) >= 11 is 0. The molecule has 2 nitrogen and oxygen atoms in total.